The predicted octanol–water partition coefficient (Wildman–Crippen LogP) is -2.39. The van der Waals surface area contributed by atoms with Crippen LogP contribution in [0.25, 0.3) is 0 Å². The number of aliphatic carboxylic acids is 3. The summed E-state index contributed by atoms with van der Waals surface area (Å²) in [6.45, 7) is 4.08. The van der Waals surface area contributed by atoms with Crippen LogP contribution in [0.1, 0.15) is 46.5 Å². The van der Waals surface area contributed by atoms with Crippen molar-refractivity contribution in [1.82, 2.24) is 21.3 Å². The van der Waals surface area contributed by atoms with Crippen molar-refractivity contribution in [2.24, 2.45) is 5.92 Å². The monoisotopic (exact) mass is 502 g/mol. The van der Waals surface area contributed by atoms with E-state index < -0.39 is 97.3 Å². The first-order valence-corrected chi connectivity index (χ1v) is 10.5. The molecule has 35 heavy (non-hydrogen) atoms. The van der Waals surface area contributed by atoms with Gasteiger partial charge in [0.25, 0.3) is 0 Å². The van der Waals surface area contributed by atoms with Gasteiger partial charge in [0, 0.05) is 19.8 Å². The van der Waals surface area contributed by atoms with Crippen molar-refractivity contribution in [2.45, 2.75) is 70.6 Å². The van der Waals surface area contributed by atoms with Crippen molar-refractivity contribution in [1.29, 1.82) is 0 Å². The number of carbonyl (C=O) groups excluding carboxylic acids is 5. The van der Waals surface area contributed by atoms with E-state index in [0.29, 0.717) is 6.29 Å². The molecular weight excluding hydrogens is 472 g/mol. The summed E-state index contributed by atoms with van der Waals surface area (Å²) in [4.78, 5) is 93.1. The van der Waals surface area contributed by atoms with E-state index in [-0.39, 0.29) is 0 Å². The summed E-state index contributed by atoms with van der Waals surface area (Å²) in [7, 11) is 0. The molecule has 0 aromatic heterocycles. The molecule has 0 spiro atoms. The highest BCUT2D eigenvalue weighted by molar-refractivity contribution is 5.96. The van der Waals surface area contributed by atoms with Gasteiger partial charge in [-0.05, 0) is 12.3 Å². The molecule has 0 aromatic carbocycles. The Kier molecular flexibility index (Phi) is 13.2. The average molecular weight is 502 g/mol. The van der Waals surface area contributed by atoms with Gasteiger partial charge in [0.05, 0.1) is 6.42 Å². The number of hydrogen-bond acceptors (Lipinski definition) is 8. The Balaban J connectivity index is 5.70. The lowest BCUT2D eigenvalue weighted by Gasteiger charge is -2.27. The second-order valence-corrected chi connectivity index (χ2v) is 7.88. The maximum absolute atomic E-state index is 12.8. The van der Waals surface area contributed by atoms with E-state index in [9.17, 15) is 38.4 Å². The normalized spacial score (nSPS) is 13.9. The van der Waals surface area contributed by atoms with Crippen molar-refractivity contribution in [3.63, 3.8) is 0 Å². The van der Waals surface area contributed by atoms with Gasteiger partial charge in [0.2, 0.25) is 23.6 Å². The molecular formula is C20H30N4O11. The molecule has 0 aliphatic heterocycles. The summed E-state index contributed by atoms with van der Waals surface area (Å²) in [6.07, 6.45) is -2.07. The molecule has 0 saturated carbocycles. The van der Waals surface area contributed by atoms with Crippen molar-refractivity contribution < 1.29 is 53.7 Å². The fourth-order valence-electron chi connectivity index (χ4n) is 2.81. The summed E-state index contributed by atoms with van der Waals surface area (Å²) < 4.78 is 0. The molecule has 7 N–H and O–H groups in total. The summed E-state index contributed by atoms with van der Waals surface area (Å²) >= 11 is 0. The quantitative estimate of drug-likeness (QED) is 0.110. The number of aldehydes is 1. The van der Waals surface area contributed by atoms with Crippen LogP contribution in [0.15, 0.2) is 0 Å². The first-order valence-electron chi connectivity index (χ1n) is 10.5. The van der Waals surface area contributed by atoms with E-state index in [1.165, 1.54) is 13.8 Å². The Bertz CT molecular complexity index is 827. The molecule has 4 amide bonds. The van der Waals surface area contributed by atoms with Crippen molar-refractivity contribution in [3.05, 3.63) is 0 Å². The van der Waals surface area contributed by atoms with E-state index in [2.05, 4.69) is 21.3 Å². The van der Waals surface area contributed by atoms with Crippen LogP contribution in [0, 0.1) is 5.92 Å². The van der Waals surface area contributed by atoms with Gasteiger partial charge in [-0.3, -0.25) is 28.8 Å². The number of amides is 4. The SMILES string of the molecule is CC(=O)N[C@@H](CC(=O)O)C(=O)N[C@@H](CCC(=O)O)C(=O)N[C@H](C(=O)N[C@@H](CC=O)C(=O)O)C(C)C. The Labute approximate surface area is 200 Å². The average Bonchev–Trinajstić information content (AvgIpc) is 2.72. The first-order chi connectivity index (χ1) is 16.2. The molecule has 0 rings (SSSR count). The molecule has 4 atom stereocenters. The second-order valence-electron chi connectivity index (χ2n) is 7.88. The molecule has 0 aliphatic carbocycles. The minimum absolute atomic E-state index is 0.294. The highest BCUT2D eigenvalue weighted by Gasteiger charge is 2.33. The lowest BCUT2D eigenvalue weighted by Crippen LogP contribution is -2.59. The second kappa shape index (κ2) is 15.0. The standard InChI is InChI=1S/C20H30N4O11/c1-9(2)16(19(33)23-12(6-7-25)20(34)35)24-17(31)11(4-5-14(27)28)22-18(32)13(8-15(29)30)21-10(3)26/h7,9,11-13,16H,4-6,8H2,1-3H3,(H,21,26)(H,22,32)(H,23,33)(H,24,31)(H,27,28)(H,29,30)(H,34,35)/t11-,12-,13-,16-/m0/s1. The van der Waals surface area contributed by atoms with Gasteiger partial charge in [-0.25, -0.2) is 4.79 Å². The summed E-state index contributed by atoms with van der Waals surface area (Å²) in [5.74, 6) is -8.55. The zero-order chi connectivity index (χ0) is 27.3. The Hall–Kier alpha value is -4.04. The van der Waals surface area contributed by atoms with Crippen LogP contribution in [-0.2, 0) is 38.4 Å². The van der Waals surface area contributed by atoms with Crippen molar-refractivity contribution >= 4 is 47.8 Å². The van der Waals surface area contributed by atoms with Gasteiger partial charge in [-0.2, -0.15) is 0 Å². The predicted molar refractivity (Wildman–Crippen MR) is 116 cm³/mol. The van der Waals surface area contributed by atoms with E-state index in [1.54, 1.807) is 0 Å². The maximum Gasteiger partial charge on any atom is 0.326 e. The van der Waals surface area contributed by atoms with Crippen LogP contribution in [0.5, 0.6) is 0 Å². The Morgan fingerprint density at radius 2 is 1.29 bits per heavy atom. The molecule has 0 radical (unpaired) electrons. The zero-order valence-electron chi connectivity index (χ0n) is 19.4. The molecule has 196 valence electrons. The summed E-state index contributed by atoms with van der Waals surface area (Å²) in [5, 5.41) is 35.7. The topological polar surface area (TPSA) is 245 Å². The minimum Gasteiger partial charge on any atom is -0.481 e. The van der Waals surface area contributed by atoms with Gasteiger partial charge >= 0.3 is 17.9 Å². The van der Waals surface area contributed by atoms with Gasteiger partial charge in [-0.15, -0.1) is 0 Å². The molecule has 0 saturated heterocycles. The first kappa shape index (κ1) is 31.0. The molecule has 15 heteroatoms. The number of rotatable bonds is 16. The number of carboxylic acid groups (broad SMARTS) is 3. The van der Waals surface area contributed by atoms with Crippen LogP contribution in [0.2, 0.25) is 0 Å². The molecule has 15 nitrogen and oxygen atoms in total. The Morgan fingerprint density at radius 3 is 1.71 bits per heavy atom. The highest BCUT2D eigenvalue weighted by Crippen LogP contribution is 2.07. The van der Waals surface area contributed by atoms with Crippen LogP contribution in [0.3, 0.4) is 0 Å². The van der Waals surface area contributed by atoms with Gasteiger partial charge in [0.15, 0.2) is 0 Å². The fourth-order valence-corrected chi connectivity index (χ4v) is 2.81. The van der Waals surface area contributed by atoms with Crippen LogP contribution < -0.4 is 21.3 Å². The molecule has 0 aromatic rings. The van der Waals surface area contributed by atoms with Gasteiger partial charge < -0.3 is 41.4 Å². The minimum atomic E-state index is -1.56. The Morgan fingerprint density at radius 1 is 0.743 bits per heavy atom. The number of hydrogen-bond donors (Lipinski definition) is 7. The van der Waals surface area contributed by atoms with Gasteiger partial charge in [0.1, 0.15) is 30.5 Å². The maximum atomic E-state index is 12.8. The number of carboxylic acids is 3. The third-order valence-electron chi connectivity index (χ3n) is 4.55. The van der Waals surface area contributed by atoms with Crippen molar-refractivity contribution in [3.8, 4) is 0 Å². The number of carbonyl (C=O) groups is 8. The highest BCUT2D eigenvalue weighted by atomic mass is 16.4. The van der Waals surface area contributed by atoms with E-state index in [4.69, 9.17) is 15.3 Å². The lowest BCUT2D eigenvalue weighted by atomic mass is 10.0. The van der Waals surface area contributed by atoms with Crippen LogP contribution in [-0.4, -0.2) is 87.3 Å². The third-order valence-corrected chi connectivity index (χ3v) is 4.55. The van der Waals surface area contributed by atoms with Crippen LogP contribution >= 0.6 is 0 Å². The number of nitrogens with one attached hydrogen (secondary N) is 4. The van der Waals surface area contributed by atoms with Gasteiger partial charge in [-0.1, -0.05) is 13.8 Å². The fraction of sp³-hybridized carbons (Fsp3) is 0.600. The van der Waals surface area contributed by atoms with Crippen LogP contribution in [0.4, 0.5) is 0 Å². The molecule has 0 unspecified atom stereocenters. The lowest BCUT2D eigenvalue weighted by molar-refractivity contribution is -0.143. The molecule has 0 aliphatic rings. The molecule has 0 heterocycles. The zero-order valence-corrected chi connectivity index (χ0v) is 19.4. The van der Waals surface area contributed by atoms with Crippen molar-refractivity contribution in [2.75, 3.05) is 0 Å². The van der Waals surface area contributed by atoms with E-state index >= 15 is 0 Å². The van der Waals surface area contributed by atoms with E-state index in [1.807, 2.05) is 0 Å². The largest absolute Gasteiger partial charge is 0.481 e. The molecule has 0 bridgehead atoms. The van der Waals surface area contributed by atoms with E-state index in [0.717, 1.165) is 6.92 Å². The summed E-state index contributed by atoms with van der Waals surface area (Å²) in [5.41, 5.74) is 0. The smallest absolute Gasteiger partial charge is 0.326 e. The molecule has 0 fully saturated rings. The third kappa shape index (κ3) is 12.1. The summed E-state index contributed by atoms with van der Waals surface area (Å²) in [6, 6.07) is -5.97.